The lowest BCUT2D eigenvalue weighted by Gasteiger charge is -2.36. The minimum atomic E-state index is -0.310. The van der Waals surface area contributed by atoms with Crippen LogP contribution in [0.1, 0.15) is 51.9 Å². The van der Waals surface area contributed by atoms with Gasteiger partial charge in [-0.2, -0.15) is 0 Å². The smallest absolute Gasteiger partial charge is 0.241 e. The minimum absolute atomic E-state index is 0.0573. The maximum Gasteiger partial charge on any atom is 0.241 e. The highest BCUT2D eigenvalue weighted by atomic mass is 16.2. The van der Waals surface area contributed by atoms with E-state index < -0.39 is 0 Å². The molecule has 0 radical (unpaired) electrons. The van der Waals surface area contributed by atoms with Crippen LogP contribution in [0.4, 0.5) is 0 Å². The molecule has 0 aromatic heterocycles. The van der Waals surface area contributed by atoms with E-state index in [9.17, 15) is 9.59 Å². The summed E-state index contributed by atoms with van der Waals surface area (Å²) in [4.78, 5) is 26.6. The summed E-state index contributed by atoms with van der Waals surface area (Å²) in [6, 6.07) is 0. The third-order valence-corrected chi connectivity index (χ3v) is 4.79. The molecule has 120 valence electrons. The molecular formula is C16H29N3O2. The van der Waals surface area contributed by atoms with Gasteiger partial charge in [-0.05, 0) is 45.1 Å². The number of rotatable bonds is 5. The summed E-state index contributed by atoms with van der Waals surface area (Å²) in [5.41, 5.74) is -0.310. The molecule has 21 heavy (non-hydrogen) atoms. The summed E-state index contributed by atoms with van der Waals surface area (Å²) >= 11 is 0. The Bertz CT molecular complexity index is 353. The maximum atomic E-state index is 12.6. The van der Waals surface area contributed by atoms with Gasteiger partial charge < -0.3 is 15.5 Å². The van der Waals surface area contributed by atoms with Crippen molar-refractivity contribution in [2.45, 2.75) is 51.9 Å². The van der Waals surface area contributed by atoms with Crippen molar-refractivity contribution < 1.29 is 9.59 Å². The quantitative estimate of drug-likeness (QED) is 0.803. The summed E-state index contributed by atoms with van der Waals surface area (Å²) in [6.45, 7) is 5.69. The molecule has 0 bridgehead atoms. The van der Waals surface area contributed by atoms with Crippen LogP contribution in [-0.2, 0) is 9.59 Å². The highest BCUT2D eigenvalue weighted by molar-refractivity contribution is 5.88. The lowest BCUT2D eigenvalue weighted by atomic mass is 9.76. The fraction of sp³-hybridized carbons (Fsp3) is 0.875. The number of hydrogen-bond donors (Lipinski definition) is 2. The van der Waals surface area contributed by atoms with Gasteiger partial charge >= 0.3 is 0 Å². The van der Waals surface area contributed by atoms with E-state index in [4.69, 9.17) is 0 Å². The highest BCUT2D eigenvalue weighted by Gasteiger charge is 2.38. The molecule has 0 spiro atoms. The van der Waals surface area contributed by atoms with Gasteiger partial charge in [-0.25, -0.2) is 0 Å². The zero-order chi connectivity index (χ0) is 15.1. The molecule has 1 atom stereocenters. The number of amides is 2. The van der Waals surface area contributed by atoms with Crippen LogP contribution in [0.25, 0.3) is 0 Å². The van der Waals surface area contributed by atoms with Gasteiger partial charge in [0.2, 0.25) is 11.8 Å². The average molecular weight is 295 g/mol. The first-order valence-electron chi connectivity index (χ1n) is 8.45. The third-order valence-electron chi connectivity index (χ3n) is 4.79. The topological polar surface area (TPSA) is 61.4 Å². The van der Waals surface area contributed by atoms with Gasteiger partial charge in [0.05, 0.1) is 12.0 Å². The van der Waals surface area contributed by atoms with Crippen molar-refractivity contribution >= 4 is 11.8 Å². The monoisotopic (exact) mass is 295 g/mol. The number of nitrogens with zero attached hydrogens (tertiary/aromatic N) is 1. The van der Waals surface area contributed by atoms with Crippen LogP contribution in [0.2, 0.25) is 0 Å². The van der Waals surface area contributed by atoms with Crippen molar-refractivity contribution in [1.82, 2.24) is 15.5 Å². The van der Waals surface area contributed by atoms with E-state index in [0.717, 1.165) is 64.7 Å². The Kier molecular flexibility index (Phi) is 6.03. The lowest BCUT2D eigenvalue weighted by Crippen LogP contribution is -2.52. The van der Waals surface area contributed by atoms with E-state index in [1.807, 2.05) is 4.90 Å². The number of nitrogens with one attached hydrogen (secondary N) is 2. The summed E-state index contributed by atoms with van der Waals surface area (Å²) in [7, 11) is 0. The van der Waals surface area contributed by atoms with Crippen LogP contribution < -0.4 is 10.6 Å². The maximum absolute atomic E-state index is 12.6. The molecule has 2 aliphatic heterocycles. The fourth-order valence-electron chi connectivity index (χ4n) is 3.57. The van der Waals surface area contributed by atoms with Crippen molar-refractivity contribution in [3.05, 3.63) is 0 Å². The Morgan fingerprint density at radius 1 is 1.19 bits per heavy atom. The molecule has 0 aliphatic carbocycles. The molecule has 2 rings (SSSR count). The molecule has 2 fully saturated rings. The zero-order valence-corrected chi connectivity index (χ0v) is 13.2. The second-order valence-corrected chi connectivity index (χ2v) is 6.43. The molecule has 2 N–H and O–H groups in total. The predicted octanol–water partition coefficient (Wildman–Crippen LogP) is 1.29. The van der Waals surface area contributed by atoms with Crippen molar-refractivity contribution in [3.8, 4) is 0 Å². The largest absolute Gasteiger partial charge is 0.347 e. The van der Waals surface area contributed by atoms with Gasteiger partial charge in [0.25, 0.3) is 0 Å². The summed E-state index contributed by atoms with van der Waals surface area (Å²) < 4.78 is 0. The van der Waals surface area contributed by atoms with E-state index >= 15 is 0 Å². The molecule has 2 aliphatic rings. The normalized spacial score (nSPS) is 26.4. The van der Waals surface area contributed by atoms with Gasteiger partial charge in [-0.3, -0.25) is 9.59 Å². The molecule has 5 nitrogen and oxygen atoms in total. The van der Waals surface area contributed by atoms with Gasteiger partial charge in [0.15, 0.2) is 0 Å². The fourth-order valence-corrected chi connectivity index (χ4v) is 3.57. The lowest BCUT2D eigenvalue weighted by molar-refractivity contribution is -0.137. The van der Waals surface area contributed by atoms with Crippen LogP contribution >= 0.6 is 0 Å². The van der Waals surface area contributed by atoms with Crippen LogP contribution in [0.15, 0.2) is 0 Å². The van der Waals surface area contributed by atoms with E-state index in [-0.39, 0.29) is 23.8 Å². The van der Waals surface area contributed by atoms with Crippen LogP contribution in [-0.4, -0.2) is 49.4 Å². The Morgan fingerprint density at radius 3 is 2.57 bits per heavy atom. The van der Waals surface area contributed by atoms with E-state index in [1.54, 1.807) is 0 Å². The van der Waals surface area contributed by atoms with Crippen LogP contribution in [0.3, 0.4) is 0 Å². The Labute approximate surface area is 127 Å². The molecule has 2 heterocycles. The molecule has 0 saturated carbocycles. The number of hydrogen-bond acceptors (Lipinski definition) is 3. The van der Waals surface area contributed by atoms with Gasteiger partial charge in [-0.15, -0.1) is 0 Å². The summed E-state index contributed by atoms with van der Waals surface area (Å²) in [5.74, 6) is 0.125. The number of carbonyl (C=O) groups excluding carboxylic acids is 2. The first kappa shape index (κ1) is 16.3. The average Bonchev–Trinajstić information content (AvgIpc) is 2.54. The van der Waals surface area contributed by atoms with Gasteiger partial charge in [-0.1, -0.05) is 13.3 Å². The minimum Gasteiger partial charge on any atom is -0.347 e. The van der Waals surface area contributed by atoms with E-state index in [1.165, 1.54) is 6.42 Å². The molecule has 2 amide bonds. The summed E-state index contributed by atoms with van der Waals surface area (Å²) in [5, 5.41) is 6.24. The van der Waals surface area contributed by atoms with Crippen molar-refractivity contribution in [1.29, 1.82) is 0 Å². The first-order valence-corrected chi connectivity index (χ1v) is 8.45. The van der Waals surface area contributed by atoms with Crippen molar-refractivity contribution in [2.24, 2.45) is 5.41 Å². The number of carbonyl (C=O) groups is 2. The van der Waals surface area contributed by atoms with Crippen LogP contribution in [0, 0.1) is 5.41 Å². The van der Waals surface area contributed by atoms with E-state index in [2.05, 4.69) is 17.6 Å². The van der Waals surface area contributed by atoms with E-state index in [0.29, 0.717) is 0 Å². The van der Waals surface area contributed by atoms with Crippen molar-refractivity contribution in [3.63, 3.8) is 0 Å². The third kappa shape index (κ3) is 4.19. The van der Waals surface area contributed by atoms with Crippen LogP contribution in [0.5, 0.6) is 0 Å². The van der Waals surface area contributed by atoms with Gasteiger partial charge in [0.1, 0.15) is 0 Å². The predicted molar refractivity (Wildman–Crippen MR) is 82.9 cm³/mol. The molecular weight excluding hydrogens is 266 g/mol. The Hall–Kier alpha value is -1.10. The molecule has 0 aromatic carbocycles. The number of likely N-dealkylation sites (tertiary alicyclic amines) is 1. The number of piperidine rings is 2. The molecule has 1 unspecified atom stereocenters. The molecule has 2 saturated heterocycles. The Balaban J connectivity index is 1.85. The summed E-state index contributed by atoms with van der Waals surface area (Å²) in [6.07, 6.45) is 7.23. The first-order chi connectivity index (χ1) is 10.2. The molecule has 0 aromatic rings. The van der Waals surface area contributed by atoms with Gasteiger partial charge in [0, 0.05) is 19.6 Å². The standard InChI is InChI=1S/C16H29N3O2/c1-2-7-16(8-6-9-17-13-16)15(21)18-12-14(20)19-10-4-3-5-11-19/h17H,2-13H2,1H3,(H,18,21). The highest BCUT2D eigenvalue weighted by Crippen LogP contribution is 2.31. The second-order valence-electron chi connectivity index (χ2n) is 6.43. The Morgan fingerprint density at radius 2 is 1.95 bits per heavy atom. The second kappa shape index (κ2) is 7.78. The SMILES string of the molecule is CCCC1(C(=O)NCC(=O)N2CCCCC2)CCCNC1. The molecule has 5 heteroatoms. The van der Waals surface area contributed by atoms with Crippen molar-refractivity contribution in [2.75, 3.05) is 32.7 Å². The zero-order valence-electron chi connectivity index (χ0n) is 13.2.